The van der Waals surface area contributed by atoms with Crippen molar-refractivity contribution in [2.75, 3.05) is 31.7 Å². The summed E-state index contributed by atoms with van der Waals surface area (Å²) in [7, 11) is 2.00. The molecular weight excluding hydrogens is 270 g/mol. The minimum Gasteiger partial charge on any atom is -0.377 e. The molecule has 1 aromatic heterocycles. The average molecular weight is 297 g/mol. The first-order valence-corrected chi connectivity index (χ1v) is 8.51. The monoisotopic (exact) mass is 297 g/mol. The van der Waals surface area contributed by atoms with Crippen LogP contribution in [0.25, 0.3) is 0 Å². The van der Waals surface area contributed by atoms with Gasteiger partial charge < -0.3 is 15.0 Å². The molecule has 2 heterocycles. The van der Waals surface area contributed by atoms with Crippen LogP contribution >= 0.6 is 11.3 Å². The van der Waals surface area contributed by atoms with Crippen molar-refractivity contribution in [1.29, 1.82) is 0 Å². The van der Waals surface area contributed by atoms with Gasteiger partial charge in [0.25, 0.3) is 0 Å². The van der Waals surface area contributed by atoms with Crippen LogP contribution in [-0.2, 0) is 11.3 Å². The maximum atomic E-state index is 5.60. The normalized spacial score (nSPS) is 21.2. The van der Waals surface area contributed by atoms with Gasteiger partial charge >= 0.3 is 0 Å². The van der Waals surface area contributed by atoms with Crippen LogP contribution in [0.4, 0.5) is 5.13 Å². The maximum absolute atomic E-state index is 5.60. The standard InChI is InChI=1S/C15H27N3OS/c1-5-11(3)14-13(9-16-4)20-15(17-14)18-7-8-19-10-12(18)6-2/h11-12,16H,5-10H2,1-4H3. The Bertz CT molecular complexity index is 421. The molecule has 0 aliphatic carbocycles. The van der Waals surface area contributed by atoms with Crippen LogP contribution in [-0.4, -0.2) is 37.8 Å². The first-order valence-electron chi connectivity index (χ1n) is 7.69. The van der Waals surface area contributed by atoms with Gasteiger partial charge in [-0.2, -0.15) is 0 Å². The molecule has 0 radical (unpaired) electrons. The molecule has 2 atom stereocenters. The third kappa shape index (κ3) is 3.32. The molecule has 2 unspecified atom stereocenters. The number of rotatable bonds is 6. The van der Waals surface area contributed by atoms with Gasteiger partial charge in [0.2, 0.25) is 0 Å². The van der Waals surface area contributed by atoms with Gasteiger partial charge in [0, 0.05) is 18.0 Å². The zero-order valence-electron chi connectivity index (χ0n) is 13.1. The van der Waals surface area contributed by atoms with Crippen molar-refractivity contribution in [3.8, 4) is 0 Å². The summed E-state index contributed by atoms with van der Waals surface area (Å²) in [6, 6.07) is 0.474. The van der Waals surface area contributed by atoms with E-state index in [9.17, 15) is 0 Å². The number of morpholine rings is 1. The van der Waals surface area contributed by atoms with E-state index in [1.54, 1.807) is 0 Å². The zero-order chi connectivity index (χ0) is 14.5. The summed E-state index contributed by atoms with van der Waals surface area (Å²) >= 11 is 1.85. The molecule has 20 heavy (non-hydrogen) atoms. The van der Waals surface area contributed by atoms with Crippen LogP contribution in [0.3, 0.4) is 0 Å². The third-order valence-electron chi connectivity index (χ3n) is 4.08. The summed E-state index contributed by atoms with van der Waals surface area (Å²) in [4.78, 5) is 8.80. The first-order chi connectivity index (χ1) is 9.71. The Morgan fingerprint density at radius 2 is 2.30 bits per heavy atom. The summed E-state index contributed by atoms with van der Waals surface area (Å²) in [6.07, 6.45) is 2.25. The Hall–Kier alpha value is -0.650. The number of nitrogens with one attached hydrogen (secondary N) is 1. The van der Waals surface area contributed by atoms with E-state index in [0.717, 1.165) is 39.1 Å². The van der Waals surface area contributed by atoms with Gasteiger partial charge in [0.15, 0.2) is 5.13 Å². The molecule has 5 heteroatoms. The topological polar surface area (TPSA) is 37.4 Å². The molecule has 1 fully saturated rings. The molecule has 0 bridgehead atoms. The van der Waals surface area contributed by atoms with E-state index >= 15 is 0 Å². The van der Waals surface area contributed by atoms with E-state index in [2.05, 4.69) is 31.0 Å². The third-order valence-corrected chi connectivity index (χ3v) is 5.19. The fraction of sp³-hybridized carbons (Fsp3) is 0.800. The van der Waals surface area contributed by atoms with Crippen LogP contribution in [0.15, 0.2) is 0 Å². The number of nitrogens with zero attached hydrogens (tertiary/aromatic N) is 2. The molecule has 0 amide bonds. The second-order valence-electron chi connectivity index (χ2n) is 5.47. The molecule has 0 aromatic carbocycles. The Morgan fingerprint density at radius 3 is 2.95 bits per heavy atom. The molecule has 1 aliphatic rings. The lowest BCUT2D eigenvalue weighted by molar-refractivity contribution is 0.0929. The van der Waals surface area contributed by atoms with Crippen molar-refractivity contribution in [3.63, 3.8) is 0 Å². The Kier molecular flexibility index (Phi) is 5.81. The highest BCUT2D eigenvalue weighted by atomic mass is 32.1. The van der Waals surface area contributed by atoms with Gasteiger partial charge in [0.05, 0.1) is 24.9 Å². The number of hydrogen-bond acceptors (Lipinski definition) is 5. The van der Waals surface area contributed by atoms with E-state index in [1.165, 1.54) is 15.7 Å². The molecule has 0 spiro atoms. The predicted octanol–water partition coefficient (Wildman–Crippen LogP) is 2.99. The molecule has 2 rings (SSSR count). The van der Waals surface area contributed by atoms with E-state index in [-0.39, 0.29) is 0 Å². The Labute approximate surface area is 126 Å². The Balaban J connectivity index is 2.26. The molecule has 0 saturated carbocycles. The van der Waals surface area contributed by atoms with Gasteiger partial charge in [-0.25, -0.2) is 4.98 Å². The van der Waals surface area contributed by atoms with E-state index in [0.29, 0.717) is 12.0 Å². The summed E-state index contributed by atoms with van der Waals surface area (Å²) in [5, 5.41) is 4.45. The summed E-state index contributed by atoms with van der Waals surface area (Å²) in [5.74, 6) is 0.532. The highest BCUT2D eigenvalue weighted by molar-refractivity contribution is 7.15. The molecule has 1 N–H and O–H groups in total. The number of thiazole rings is 1. The van der Waals surface area contributed by atoms with Gasteiger partial charge in [0.1, 0.15) is 0 Å². The molecule has 1 saturated heterocycles. The van der Waals surface area contributed by atoms with E-state index in [1.807, 2.05) is 18.4 Å². The second-order valence-corrected chi connectivity index (χ2v) is 6.54. The lowest BCUT2D eigenvalue weighted by atomic mass is 10.0. The zero-order valence-corrected chi connectivity index (χ0v) is 13.9. The van der Waals surface area contributed by atoms with E-state index < -0.39 is 0 Å². The van der Waals surface area contributed by atoms with Crippen LogP contribution in [0.1, 0.15) is 50.1 Å². The van der Waals surface area contributed by atoms with Crippen molar-refractivity contribution in [3.05, 3.63) is 10.6 Å². The van der Waals surface area contributed by atoms with Gasteiger partial charge in [-0.15, -0.1) is 11.3 Å². The van der Waals surface area contributed by atoms with Crippen molar-refractivity contribution in [2.45, 2.75) is 52.1 Å². The minimum absolute atomic E-state index is 0.474. The number of anilines is 1. The second kappa shape index (κ2) is 7.38. The predicted molar refractivity (Wildman–Crippen MR) is 85.8 cm³/mol. The quantitative estimate of drug-likeness (QED) is 0.876. The highest BCUT2D eigenvalue weighted by Crippen LogP contribution is 2.34. The fourth-order valence-electron chi connectivity index (χ4n) is 2.58. The van der Waals surface area contributed by atoms with E-state index in [4.69, 9.17) is 9.72 Å². The first kappa shape index (κ1) is 15.7. The SMILES string of the molecule is CCC(C)c1nc(N2CCOCC2CC)sc1CNC. The summed E-state index contributed by atoms with van der Waals surface area (Å²) in [6.45, 7) is 10.3. The average Bonchev–Trinajstić information content (AvgIpc) is 2.90. The molecular formula is C15H27N3OS. The van der Waals surface area contributed by atoms with Crippen LogP contribution in [0, 0.1) is 0 Å². The molecule has 114 valence electrons. The van der Waals surface area contributed by atoms with Crippen molar-refractivity contribution in [2.24, 2.45) is 0 Å². The summed E-state index contributed by atoms with van der Waals surface area (Å²) in [5.41, 5.74) is 1.28. The van der Waals surface area contributed by atoms with Crippen molar-refractivity contribution in [1.82, 2.24) is 10.3 Å². The molecule has 1 aromatic rings. The Morgan fingerprint density at radius 1 is 1.50 bits per heavy atom. The highest BCUT2D eigenvalue weighted by Gasteiger charge is 2.26. The van der Waals surface area contributed by atoms with Crippen LogP contribution in [0.5, 0.6) is 0 Å². The maximum Gasteiger partial charge on any atom is 0.186 e. The molecule has 1 aliphatic heterocycles. The fourth-order valence-corrected chi connectivity index (χ4v) is 3.87. The van der Waals surface area contributed by atoms with Crippen molar-refractivity contribution < 1.29 is 4.74 Å². The van der Waals surface area contributed by atoms with Crippen LogP contribution in [0.2, 0.25) is 0 Å². The van der Waals surface area contributed by atoms with Crippen LogP contribution < -0.4 is 10.2 Å². The largest absolute Gasteiger partial charge is 0.377 e. The minimum atomic E-state index is 0.474. The van der Waals surface area contributed by atoms with Crippen molar-refractivity contribution >= 4 is 16.5 Å². The van der Waals surface area contributed by atoms with Gasteiger partial charge in [-0.05, 0) is 25.8 Å². The number of hydrogen-bond donors (Lipinski definition) is 1. The smallest absolute Gasteiger partial charge is 0.186 e. The lowest BCUT2D eigenvalue weighted by Crippen LogP contribution is -2.45. The lowest BCUT2D eigenvalue weighted by Gasteiger charge is -2.34. The van der Waals surface area contributed by atoms with Gasteiger partial charge in [-0.1, -0.05) is 20.8 Å². The number of ether oxygens (including phenoxy) is 1. The van der Waals surface area contributed by atoms with Gasteiger partial charge in [-0.3, -0.25) is 0 Å². The summed E-state index contributed by atoms with van der Waals surface area (Å²) < 4.78 is 5.60. The number of aromatic nitrogens is 1. The molecule has 4 nitrogen and oxygen atoms in total.